The van der Waals surface area contributed by atoms with Gasteiger partial charge in [0, 0.05) is 10.6 Å². The molecule has 0 fully saturated rings. The zero-order valence-corrected chi connectivity index (χ0v) is 11.8. The maximum absolute atomic E-state index is 12.2. The van der Waals surface area contributed by atoms with E-state index in [9.17, 15) is 4.79 Å². The van der Waals surface area contributed by atoms with Gasteiger partial charge < -0.3 is 10.1 Å². The molecule has 3 heterocycles. The van der Waals surface area contributed by atoms with Crippen molar-refractivity contribution in [2.24, 2.45) is 0 Å². The molecule has 1 atom stereocenters. The molecule has 20 heavy (non-hydrogen) atoms. The predicted octanol–water partition coefficient (Wildman–Crippen LogP) is 1.59. The summed E-state index contributed by atoms with van der Waals surface area (Å²) < 4.78 is 6.76. The van der Waals surface area contributed by atoms with Crippen molar-refractivity contribution < 1.29 is 9.53 Å². The third-order valence-electron chi connectivity index (χ3n) is 3.02. The zero-order chi connectivity index (χ0) is 14.1. The highest BCUT2D eigenvalue weighted by Crippen LogP contribution is 2.36. The van der Waals surface area contributed by atoms with E-state index < -0.39 is 0 Å². The van der Waals surface area contributed by atoms with Gasteiger partial charge in [-0.1, -0.05) is 11.2 Å². The van der Waals surface area contributed by atoms with Gasteiger partial charge in [-0.2, -0.15) is 4.68 Å². The third-order valence-corrected chi connectivity index (χ3v) is 3.95. The first-order valence-corrected chi connectivity index (χ1v) is 7.06. The Hall–Kier alpha value is -2.22. The number of anilines is 1. The number of nitrogens with zero attached hydrogens (tertiary/aromatic N) is 4. The van der Waals surface area contributed by atoms with Crippen LogP contribution in [0, 0.1) is 0 Å². The molecule has 0 aromatic carbocycles. The number of rotatable bonds is 3. The van der Waals surface area contributed by atoms with Crippen molar-refractivity contribution in [3.05, 3.63) is 33.7 Å². The molecule has 0 saturated carbocycles. The lowest BCUT2D eigenvalue weighted by Gasteiger charge is -2.26. The lowest BCUT2D eigenvalue weighted by molar-refractivity contribution is -0.139. The Bertz CT molecular complexity index is 661. The van der Waals surface area contributed by atoms with Crippen LogP contribution in [0.2, 0.25) is 0 Å². The van der Waals surface area contributed by atoms with Gasteiger partial charge in [0.2, 0.25) is 5.95 Å². The molecule has 0 amide bonds. The van der Waals surface area contributed by atoms with Crippen LogP contribution in [0.3, 0.4) is 0 Å². The standard InChI is InChI=1S/C12H13N5O2S/c1-3-19-11(18)9-7(2)13-12-14-15-16-17(12)10(9)8-5-4-6-20-8/h4-6,10H,3H2,1-2H3,(H,13,14,16)/t10-/m0/s1. The second-order valence-electron chi connectivity index (χ2n) is 4.25. The molecule has 1 aliphatic heterocycles. The highest BCUT2D eigenvalue weighted by Gasteiger charge is 2.35. The molecule has 2 aromatic rings. The van der Waals surface area contributed by atoms with Crippen molar-refractivity contribution in [1.82, 2.24) is 20.2 Å². The van der Waals surface area contributed by atoms with Crippen LogP contribution in [0.25, 0.3) is 0 Å². The Morgan fingerprint density at radius 1 is 1.60 bits per heavy atom. The first-order valence-electron chi connectivity index (χ1n) is 6.18. The fourth-order valence-corrected chi connectivity index (χ4v) is 3.01. The molecule has 2 aromatic heterocycles. The third kappa shape index (κ3) is 1.97. The minimum atomic E-state index is -0.350. The van der Waals surface area contributed by atoms with E-state index in [4.69, 9.17) is 4.74 Å². The minimum Gasteiger partial charge on any atom is -0.463 e. The topological polar surface area (TPSA) is 81.9 Å². The van der Waals surface area contributed by atoms with Gasteiger partial charge in [-0.25, -0.2) is 4.79 Å². The molecular formula is C12H13N5O2S. The minimum absolute atomic E-state index is 0.329. The number of thiophene rings is 1. The molecule has 1 N–H and O–H groups in total. The predicted molar refractivity (Wildman–Crippen MR) is 73.2 cm³/mol. The van der Waals surface area contributed by atoms with Crippen molar-refractivity contribution in [3.8, 4) is 0 Å². The average Bonchev–Trinajstić information content (AvgIpc) is 3.07. The number of tetrazole rings is 1. The van der Waals surface area contributed by atoms with Gasteiger partial charge in [0.15, 0.2) is 0 Å². The molecule has 0 radical (unpaired) electrons. The SMILES string of the molecule is CCOC(=O)C1=C(C)Nc2nnnn2[C@H]1c1cccs1. The molecule has 0 unspecified atom stereocenters. The quantitative estimate of drug-likeness (QED) is 0.865. The van der Waals surface area contributed by atoms with E-state index in [1.165, 1.54) is 0 Å². The van der Waals surface area contributed by atoms with Gasteiger partial charge in [-0.3, -0.25) is 0 Å². The van der Waals surface area contributed by atoms with E-state index in [2.05, 4.69) is 20.8 Å². The monoisotopic (exact) mass is 291 g/mol. The highest BCUT2D eigenvalue weighted by atomic mass is 32.1. The fraction of sp³-hybridized carbons (Fsp3) is 0.333. The summed E-state index contributed by atoms with van der Waals surface area (Å²) in [6.07, 6.45) is 0. The van der Waals surface area contributed by atoms with Gasteiger partial charge in [0.1, 0.15) is 6.04 Å². The largest absolute Gasteiger partial charge is 0.463 e. The number of carbonyl (C=O) groups is 1. The van der Waals surface area contributed by atoms with Gasteiger partial charge in [0.05, 0.1) is 12.2 Å². The summed E-state index contributed by atoms with van der Waals surface area (Å²) in [5.74, 6) is 0.172. The van der Waals surface area contributed by atoms with Crippen LogP contribution >= 0.6 is 11.3 Å². The number of esters is 1. The zero-order valence-electron chi connectivity index (χ0n) is 11.0. The molecule has 8 heteroatoms. The smallest absolute Gasteiger partial charge is 0.338 e. The summed E-state index contributed by atoms with van der Waals surface area (Å²) in [7, 11) is 0. The lowest BCUT2D eigenvalue weighted by atomic mass is 10.0. The first-order chi connectivity index (χ1) is 9.72. The molecule has 0 saturated heterocycles. The Morgan fingerprint density at radius 2 is 2.45 bits per heavy atom. The van der Waals surface area contributed by atoms with Crippen LogP contribution in [0.15, 0.2) is 28.8 Å². The summed E-state index contributed by atoms with van der Waals surface area (Å²) in [5, 5.41) is 16.5. The van der Waals surface area contributed by atoms with E-state index >= 15 is 0 Å². The summed E-state index contributed by atoms with van der Waals surface area (Å²) in [4.78, 5) is 13.2. The van der Waals surface area contributed by atoms with Crippen molar-refractivity contribution in [3.63, 3.8) is 0 Å². The Morgan fingerprint density at radius 3 is 3.15 bits per heavy atom. The lowest BCUT2D eigenvalue weighted by Crippen LogP contribution is -2.29. The van der Waals surface area contributed by atoms with Crippen LogP contribution in [0.5, 0.6) is 0 Å². The van der Waals surface area contributed by atoms with E-state index in [0.29, 0.717) is 23.8 Å². The van der Waals surface area contributed by atoms with Crippen molar-refractivity contribution >= 4 is 23.3 Å². The number of aromatic nitrogens is 4. The van der Waals surface area contributed by atoms with Crippen LogP contribution in [-0.4, -0.2) is 32.8 Å². The molecule has 0 spiro atoms. The second-order valence-corrected chi connectivity index (χ2v) is 5.23. The first kappa shape index (κ1) is 12.8. The van der Waals surface area contributed by atoms with Gasteiger partial charge in [-0.15, -0.1) is 11.3 Å². The van der Waals surface area contributed by atoms with Crippen LogP contribution in [-0.2, 0) is 9.53 Å². The maximum Gasteiger partial charge on any atom is 0.338 e. The molecular weight excluding hydrogens is 278 g/mol. The molecule has 104 valence electrons. The second kappa shape index (κ2) is 5.04. The average molecular weight is 291 g/mol. The van der Waals surface area contributed by atoms with Crippen molar-refractivity contribution in [2.45, 2.75) is 19.9 Å². The summed E-state index contributed by atoms with van der Waals surface area (Å²) in [5.41, 5.74) is 1.25. The van der Waals surface area contributed by atoms with E-state index in [1.807, 2.05) is 24.4 Å². The van der Waals surface area contributed by atoms with Crippen LogP contribution < -0.4 is 5.32 Å². The number of allylic oxidation sites excluding steroid dienone is 1. The van der Waals surface area contributed by atoms with Gasteiger partial charge in [-0.05, 0) is 35.7 Å². The van der Waals surface area contributed by atoms with Gasteiger partial charge >= 0.3 is 5.97 Å². The fourth-order valence-electron chi connectivity index (χ4n) is 2.20. The van der Waals surface area contributed by atoms with Gasteiger partial charge in [0.25, 0.3) is 0 Å². The summed E-state index contributed by atoms with van der Waals surface area (Å²) in [6, 6.07) is 3.54. The van der Waals surface area contributed by atoms with Crippen molar-refractivity contribution in [1.29, 1.82) is 0 Å². The Labute approximate surface area is 119 Å². The Kier molecular flexibility index (Phi) is 3.23. The molecule has 7 nitrogen and oxygen atoms in total. The van der Waals surface area contributed by atoms with Crippen LogP contribution in [0.4, 0.5) is 5.95 Å². The molecule has 1 aliphatic rings. The van der Waals surface area contributed by atoms with E-state index in [-0.39, 0.29) is 12.0 Å². The number of hydrogen-bond acceptors (Lipinski definition) is 7. The summed E-state index contributed by atoms with van der Waals surface area (Å²) >= 11 is 1.55. The number of ether oxygens (including phenoxy) is 1. The van der Waals surface area contributed by atoms with E-state index in [1.54, 1.807) is 22.9 Å². The van der Waals surface area contributed by atoms with Crippen LogP contribution in [0.1, 0.15) is 24.8 Å². The Balaban J connectivity index is 2.12. The molecule has 0 aliphatic carbocycles. The highest BCUT2D eigenvalue weighted by molar-refractivity contribution is 7.10. The summed E-state index contributed by atoms with van der Waals surface area (Å²) in [6.45, 7) is 3.94. The number of carbonyl (C=O) groups excluding carboxylic acids is 1. The van der Waals surface area contributed by atoms with Crippen molar-refractivity contribution in [2.75, 3.05) is 11.9 Å². The normalized spacial score (nSPS) is 17.6. The number of fused-ring (bicyclic) bond motifs is 1. The molecule has 3 rings (SSSR count). The number of nitrogens with one attached hydrogen (secondary N) is 1. The molecule has 0 bridgehead atoms. The number of hydrogen-bond donors (Lipinski definition) is 1. The van der Waals surface area contributed by atoms with E-state index in [0.717, 1.165) is 4.88 Å². The maximum atomic E-state index is 12.2.